The summed E-state index contributed by atoms with van der Waals surface area (Å²) in [4.78, 5) is 12.7. The topological polar surface area (TPSA) is 49.8 Å². The second kappa shape index (κ2) is 7.23. The fraction of sp³-hybridized carbons (Fsp3) is 0.476. The molecule has 0 amide bonds. The summed E-state index contributed by atoms with van der Waals surface area (Å²) < 4.78 is 19.7. The lowest BCUT2D eigenvalue weighted by Crippen LogP contribution is -2.63. The Morgan fingerprint density at radius 1 is 1.42 bits per heavy atom. The van der Waals surface area contributed by atoms with Gasteiger partial charge in [0, 0.05) is 19.6 Å². The van der Waals surface area contributed by atoms with Crippen molar-refractivity contribution in [3.63, 3.8) is 0 Å². The Balaban J connectivity index is 1.65. The lowest BCUT2D eigenvalue weighted by atomic mass is 9.83. The van der Waals surface area contributed by atoms with Crippen molar-refractivity contribution in [2.24, 2.45) is 5.92 Å². The van der Waals surface area contributed by atoms with E-state index in [1.165, 1.54) is 16.7 Å². The van der Waals surface area contributed by atoms with Crippen LogP contribution in [0.5, 0.6) is 5.75 Å². The molecule has 3 rings (SSSR count). The number of halogens is 1. The number of allylic oxidation sites excluding steroid dienone is 1. The second-order valence-electron chi connectivity index (χ2n) is 7.69. The molecule has 1 aliphatic heterocycles. The molecule has 1 atom stereocenters. The molecule has 1 aromatic carbocycles. The molecule has 1 fully saturated rings. The standard InChI is InChI=1S/C21H26FNO3/c1-14(2)6-7-26-19-5-4-16-9-18(15(3)8-17(16)10-19)11-23-12-21(22,13-23)20(24)25/h4-6,9-10,15H,7-8,11-13H2,1-3H3,(H,24,25)/t15-/m1/s1. The van der Waals surface area contributed by atoms with Crippen molar-refractivity contribution in [2.45, 2.75) is 32.9 Å². The van der Waals surface area contributed by atoms with Gasteiger partial charge in [0.1, 0.15) is 12.4 Å². The quantitative estimate of drug-likeness (QED) is 0.787. The highest BCUT2D eigenvalue weighted by atomic mass is 19.1. The summed E-state index contributed by atoms with van der Waals surface area (Å²) in [6.07, 6.45) is 5.12. The highest BCUT2D eigenvalue weighted by Crippen LogP contribution is 2.34. The van der Waals surface area contributed by atoms with Crippen LogP contribution in [0.4, 0.5) is 4.39 Å². The van der Waals surface area contributed by atoms with Crippen LogP contribution in [0.3, 0.4) is 0 Å². The lowest BCUT2D eigenvalue weighted by molar-refractivity contribution is -0.163. The monoisotopic (exact) mass is 359 g/mol. The van der Waals surface area contributed by atoms with Crippen LogP contribution >= 0.6 is 0 Å². The Labute approximate surface area is 154 Å². The van der Waals surface area contributed by atoms with Gasteiger partial charge in [-0.2, -0.15) is 0 Å². The Hall–Kier alpha value is -2.14. The number of carboxylic acid groups (broad SMARTS) is 1. The average Bonchev–Trinajstić information content (AvgIpc) is 2.53. The second-order valence-corrected chi connectivity index (χ2v) is 7.69. The molecular formula is C21H26FNO3. The average molecular weight is 359 g/mol. The van der Waals surface area contributed by atoms with E-state index in [1.807, 2.05) is 24.8 Å². The number of likely N-dealkylation sites (tertiary alicyclic amines) is 1. The summed E-state index contributed by atoms with van der Waals surface area (Å²) in [5.74, 6) is -0.142. The number of aliphatic carboxylic acids is 1. The van der Waals surface area contributed by atoms with Gasteiger partial charge < -0.3 is 9.84 Å². The number of hydrogen-bond donors (Lipinski definition) is 1. The first-order valence-electron chi connectivity index (χ1n) is 9.01. The molecular weight excluding hydrogens is 333 g/mol. The number of hydrogen-bond acceptors (Lipinski definition) is 3. The molecule has 1 aromatic rings. The number of carbonyl (C=O) groups is 1. The zero-order valence-electron chi connectivity index (χ0n) is 15.6. The third-order valence-corrected chi connectivity index (χ3v) is 5.09. The smallest absolute Gasteiger partial charge is 0.344 e. The minimum atomic E-state index is -2.08. The van der Waals surface area contributed by atoms with E-state index in [9.17, 15) is 9.18 Å². The molecule has 0 aromatic heterocycles. The highest BCUT2D eigenvalue weighted by molar-refractivity contribution is 5.79. The summed E-state index contributed by atoms with van der Waals surface area (Å²) in [5, 5.41) is 8.88. The molecule has 1 aliphatic carbocycles. The Morgan fingerprint density at radius 3 is 2.81 bits per heavy atom. The van der Waals surface area contributed by atoms with Gasteiger partial charge in [0.05, 0.1) is 0 Å². The van der Waals surface area contributed by atoms with Crippen LogP contribution < -0.4 is 4.74 Å². The summed E-state index contributed by atoms with van der Waals surface area (Å²) in [6, 6.07) is 6.13. The minimum Gasteiger partial charge on any atom is -0.490 e. The van der Waals surface area contributed by atoms with Gasteiger partial charge in [-0.05, 0) is 55.5 Å². The maximum Gasteiger partial charge on any atom is 0.344 e. The number of alkyl halides is 1. The van der Waals surface area contributed by atoms with Crippen molar-refractivity contribution in [3.8, 4) is 5.75 Å². The van der Waals surface area contributed by atoms with Gasteiger partial charge in [0.15, 0.2) is 0 Å². The van der Waals surface area contributed by atoms with E-state index in [0.29, 0.717) is 19.1 Å². The van der Waals surface area contributed by atoms with Gasteiger partial charge in [-0.3, -0.25) is 4.90 Å². The van der Waals surface area contributed by atoms with Crippen molar-refractivity contribution in [1.29, 1.82) is 0 Å². The maximum absolute atomic E-state index is 13.9. The molecule has 5 heteroatoms. The van der Waals surface area contributed by atoms with Crippen LogP contribution in [0.15, 0.2) is 35.4 Å². The fourth-order valence-electron chi connectivity index (χ4n) is 3.47. The van der Waals surface area contributed by atoms with Gasteiger partial charge in [-0.25, -0.2) is 9.18 Å². The molecule has 0 radical (unpaired) electrons. The SMILES string of the molecule is CC(C)=CCOc1ccc2c(c1)C[C@@H](C)C(CN1CC(F)(C(=O)O)C1)=C2. The zero-order valence-corrected chi connectivity index (χ0v) is 15.6. The third-order valence-electron chi connectivity index (χ3n) is 5.09. The predicted octanol–water partition coefficient (Wildman–Crippen LogP) is 3.72. The van der Waals surface area contributed by atoms with Gasteiger partial charge in [0.25, 0.3) is 0 Å². The summed E-state index contributed by atoms with van der Waals surface area (Å²) >= 11 is 0. The molecule has 4 nitrogen and oxygen atoms in total. The zero-order chi connectivity index (χ0) is 18.9. The number of ether oxygens (including phenoxy) is 1. The maximum atomic E-state index is 13.9. The normalized spacial score (nSPS) is 21.2. The molecule has 1 heterocycles. The van der Waals surface area contributed by atoms with E-state index >= 15 is 0 Å². The van der Waals surface area contributed by atoms with Gasteiger partial charge in [-0.1, -0.05) is 30.2 Å². The molecule has 140 valence electrons. The Bertz CT molecular complexity index is 759. The van der Waals surface area contributed by atoms with E-state index in [1.54, 1.807) is 0 Å². The summed E-state index contributed by atoms with van der Waals surface area (Å²) in [7, 11) is 0. The van der Waals surface area contributed by atoms with Crippen LogP contribution in [0, 0.1) is 5.92 Å². The third kappa shape index (κ3) is 3.98. The summed E-state index contributed by atoms with van der Waals surface area (Å²) in [6.45, 7) is 7.38. The van der Waals surface area contributed by atoms with E-state index in [0.717, 1.165) is 17.7 Å². The number of nitrogens with zero attached hydrogens (tertiary/aromatic N) is 1. The first kappa shape index (κ1) is 18.6. The van der Waals surface area contributed by atoms with Gasteiger partial charge >= 0.3 is 5.97 Å². The van der Waals surface area contributed by atoms with Gasteiger partial charge in [0.2, 0.25) is 5.67 Å². The van der Waals surface area contributed by atoms with Crippen LogP contribution in [0.1, 0.15) is 31.9 Å². The number of rotatable bonds is 6. The van der Waals surface area contributed by atoms with E-state index in [2.05, 4.69) is 31.2 Å². The van der Waals surface area contributed by atoms with Crippen molar-refractivity contribution < 1.29 is 19.0 Å². The van der Waals surface area contributed by atoms with Crippen LogP contribution in [-0.2, 0) is 11.2 Å². The fourth-order valence-corrected chi connectivity index (χ4v) is 3.47. The lowest BCUT2D eigenvalue weighted by Gasteiger charge is -2.42. The molecule has 0 spiro atoms. The van der Waals surface area contributed by atoms with Crippen molar-refractivity contribution in [2.75, 3.05) is 26.2 Å². The Morgan fingerprint density at radius 2 is 2.15 bits per heavy atom. The number of carboxylic acids is 1. The Kier molecular flexibility index (Phi) is 5.19. The number of fused-ring (bicyclic) bond motifs is 1. The molecule has 0 unspecified atom stereocenters. The first-order chi connectivity index (χ1) is 12.3. The van der Waals surface area contributed by atoms with E-state index in [4.69, 9.17) is 9.84 Å². The van der Waals surface area contributed by atoms with Crippen molar-refractivity contribution >= 4 is 12.0 Å². The molecule has 0 bridgehead atoms. The predicted molar refractivity (Wildman–Crippen MR) is 100 cm³/mol. The molecule has 0 saturated carbocycles. The minimum absolute atomic E-state index is 0.0314. The van der Waals surface area contributed by atoms with Crippen LogP contribution in [-0.4, -0.2) is 47.9 Å². The highest BCUT2D eigenvalue weighted by Gasteiger charge is 2.50. The molecule has 26 heavy (non-hydrogen) atoms. The van der Waals surface area contributed by atoms with Crippen LogP contribution in [0.25, 0.3) is 6.08 Å². The largest absolute Gasteiger partial charge is 0.490 e. The van der Waals surface area contributed by atoms with Crippen LogP contribution in [0.2, 0.25) is 0 Å². The van der Waals surface area contributed by atoms with Crippen molar-refractivity contribution in [1.82, 2.24) is 4.90 Å². The van der Waals surface area contributed by atoms with Gasteiger partial charge in [-0.15, -0.1) is 0 Å². The number of benzene rings is 1. The molecule has 1 saturated heterocycles. The molecule has 1 N–H and O–H groups in total. The first-order valence-corrected chi connectivity index (χ1v) is 9.01. The molecule has 2 aliphatic rings. The van der Waals surface area contributed by atoms with E-state index in [-0.39, 0.29) is 13.1 Å². The summed E-state index contributed by atoms with van der Waals surface area (Å²) in [5.41, 5.74) is 2.80. The van der Waals surface area contributed by atoms with Crippen molar-refractivity contribution in [3.05, 3.63) is 46.5 Å². The van der Waals surface area contributed by atoms with E-state index < -0.39 is 11.6 Å².